The Balaban J connectivity index is 1.63. The van der Waals surface area contributed by atoms with Crippen LogP contribution in [0.5, 0.6) is 0 Å². The van der Waals surface area contributed by atoms with Crippen molar-refractivity contribution in [2.24, 2.45) is 0 Å². The zero-order valence-corrected chi connectivity index (χ0v) is 18.5. The molecule has 2 N–H and O–H groups in total. The average molecular weight is 442 g/mol. The number of benzene rings is 1. The zero-order chi connectivity index (χ0) is 23.4. The lowest BCUT2D eigenvalue weighted by atomic mass is 10.0. The van der Waals surface area contributed by atoms with Gasteiger partial charge in [0, 0.05) is 42.7 Å². The van der Waals surface area contributed by atoms with Crippen LogP contribution in [0.15, 0.2) is 36.9 Å². The van der Waals surface area contributed by atoms with Crippen molar-refractivity contribution in [1.82, 2.24) is 30.6 Å². The summed E-state index contributed by atoms with van der Waals surface area (Å²) < 4.78 is 14.8. The number of nitrogens with zero attached hydrogens (tertiary/aromatic N) is 4. The zero-order valence-electron chi connectivity index (χ0n) is 18.5. The number of hydrogen-bond donors (Lipinski definition) is 2. The SMILES string of the molecule is CC1CCC(C)N1C(=O)c1ccc([C@@H](C)NC(=O)N(C)NC(=O)c2cncnc2)c(F)c1. The monoisotopic (exact) mass is 442 g/mol. The molecule has 1 aromatic heterocycles. The lowest BCUT2D eigenvalue weighted by Crippen LogP contribution is -2.48. The molecule has 10 heteroatoms. The fourth-order valence-electron chi connectivity index (χ4n) is 3.80. The number of rotatable bonds is 4. The van der Waals surface area contributed by atoms with Gasteiger partial charge in [0.2, 0.25) is 0 Å². The molecule has 1 saturated heterocycles. The Labute approximate surface area is 186 Å². The first-order chi connectivity index (χ1) is 15.2. The quantitative estimate of drug-likeness (QED) is 0.708. The molecule has 0 spiro atoms. The van der Waals surface area contributed by atoms with E-state index < -0.39 is 23.8 Å². The Morgan fingerprint density at radius 3 is 2.34 bits per heavy atom. The number of halogens is 1. The Morgan fingerprint density at radius 2 is 1.75 bits per heavy atom. The molecular formula is C22H27FN6O3. The molecule has 2 aromatic rings. The standard InChI is InChI=1S/C22H27FN6O3/c1-13-5-6-14(2)29(13)21(31)16-7-8-18(19(23)9-16)15(3)26-22(32)28(4)27-20(30)17-10-24-12-25-11-17/h7-15H,5-6H2,1-4H3,(H,26,32)(H,27,30)/t13?,14?,15-/m1/s1. The van der Waals surface area contributed by atoms with Crippen LogP contribution in [0.4, 0.5) is 9.18 Å². The van der Waals surface area contributed by atoms with Crippen LogP contribution >= 0.6 is 0 Å². The van der Waals surface area contributed by atoms with Crippen molar-refractivity contribution in [3.8, 4) is 0 Å². The van der Waals surface area contributed by atoms with Crippen molar-refractivity contribution in [3.05, 3.63) is 59.4 Å². The topological polar surface area (TPSA) is 108 Å². The highest BCUT2D eigenvalue weighted by atomic mass is 19.1. The van der Waals surface area contributed by atoms with E-state index in [0.29, 0.717) is 0 Å². The number of carbonyl (C=O) groups excluding carboxylic acids is 3. The van der Waals surface area contributed by atoms with Crippen molar-refractivity contribution in [2.45, 2.75) is 51.7 Å². The normalized spacial score (nSPS) is 18.7. The van der Waals surface area contributed by atoms with Gasteiger partial charge >= 0.3 is 6.03 Å². The summed E-state index contributed by atoms with van der Waals surface area (Å²) in [5, 5.41) is 3.57. The summed E-state index contributed by atoms with van der Waals surface area (Å²) in [5.74, 6) is -1.34. The van der Waals surface area contributed by atoms with Crippen molar-refractivity contribution in [3.63, 3.8) is 0 Å². The van der Waals surface area contributed by atoms with E-state index in [1.165, 1.54) is 37.9 Å². The Kier molecular flexibility index (Phi) is 7.01. The summed E-state index contributed by atoms with van der Waals surface area (Å²) in [5.41, 5.74) is 3.09. The van der Waals surface area contributed by atoms with Gasteiger partial charge < -0.3 is 10.2 Å². The molecule has 2 unspecified atom stereocenters. The fourth-order valence-corrected chi connectivity index (χ4v) is 3.80. The van der Waals surface area contributed by atoms with E-state index in [1.54, 1.807) is 17.9 Å². The molecule has 9 nitrogen and oxygen atoms in total. The van der Waals surface area contributed by atoms with Crippen molar-refractivity contribution in [1.29, 1.82) is 0 Å². The predicted octanol–water partition coefficient (Wildman–Crippen LogP) is 2.68. The van der Waals surface area contributed by atoms with Crippen LogP contribution in [0.1, 0.15) is 65.9 Å². The smallest absolute Gasteiger partial charge is 0.333 e. The van der Waals surface area contributed by atoms with Gasteiger partial charge in [-0.05, 0) is 45.7 Å². The maximum absolute atomic E-state index is 14.8. The number of amides is 4. The summed E-state index contributed by atoms with van der Waals surface area (Å²) in [6, 6.07) is 3.18. The molecule has 0 aliphatic carbocycles. The van der Waals surface area contributed by atoms with E-state index >= 15 is 0 Å². The molecule has 1 aliphatic heterocycles. The van der Waals surface area contributed by atoms with Gasteiger partial charge in [-0.25, -0.2) is 24.2 Å². The number of urea groups is 1. The van der Waals surface area contributed by atoms with Crippen LogP contribution in [0.2, 0.25) is 0 Å². The molecule has 1 fully saturated rings. The molecule has 0 saturated carbocycles. The molecule has 2 heterocycles. The van der Waals surface area contributed by atoms with Crippen LogP contribution in [0.25, 0.3) is 0 Å². The molecule has 0 bridgehead atoms. The summed E-state index contributed by atoms with van der Waals surface area (Å²) >= 11 is 0. The highest BCUT2D eigenvalue weighted by Gasteiger charge is 2.32. The summed E-state index contributed by atoms with van der Waals surface area (Å²) in [4.78, 5) is 46.6. The Morgan fingerprint density at radius 1 is 1.12 bits per heavy atom. The molecule has 4 amide bonds. The summed E-state index contributed by atoms with van der Waals surface area (Å²) in [6.45, 7) is 5.59. The third-order valence-corrected chi connectivity index (χ3v) is 5.64. The highest BCUT2D eigenvalue weighted by Crippen LogP contribution is 2.27. The van der Waals surface area contributed by atoms with E-state index in [-0.39, 0.29) is 34.7 Å². The summed E-state index contributed by atoms with van der Waals surface area (Å²) in [7, 11) is 1.36. The van der Waals surface area contributed by atoms with E-state index in [9.17, 15) is 18.8 Å². The second-order valence-corrected chi connectivity index (χ2v) is 8.02. The van der Waals surface area contributed by atoms with Crippen LogP contribution in [-0.4, -0.2) is 56.9 Å². The van der Waals surface area contributed by atoms with Gasteiger partial charge in [0.25, 0.3) is 11.8 Å². The molecule has 3 atom stereocenters. The van der Waals surface area contributed by atoms with Gasteiger partial charge in [-0.15, -0.1) is 0 Å². The maximum atomic E-state index is 14.8. The molecule has 1 aliphatic rings. The molecular weight excluding hydrogens is 415 g/mol. The van der Waals surface area contributed by atoms with Gasteiger partial charge in [0.15, 0.2) is 0 Å². The van der Waals surface area contributed by atoms with Crippen molar-refractivity contribution in [2.75, 3.05) is 7.05 Å². The Hall–Kier alpha value is -3.56. The average Bonchev–Trinajstić information content (AvgIpc) is 3.11. The van der Waals surface area contributed by atoms with Crippen LogP contribution in [-0.2, 0) is 0 Å². The van der Waals surface area contributed by atoms with Crippen LogP contribution < -0.4 is 10.7 Å². The minimum atomic E-state index is -0.698. The number of likely N-dealkylation sites (tertiary alicyclic amines) is 1. The number of carbonyl (C=O) groups is 3. The summed E-state index contributed by atoms with van der Waals surface area (Å²) in [6.07, 6.45) is 5.78. The molecule has 170 valence electrons. The lowest BCUT2D eigenvalue weighted by molar-refractivity contribution is 0.0692. The number of hydrogen-bond acceptors (Lipinski definition) is 5. The van der Waals surface area contributed by atoms with Gasteiger partial charge in [-0.2, -0.15) is 0 Å². The minimum absolute atomic E-state index is 0.117. The second-order valence-electron chi connectivity index (χ2n) is 8.02. The largest absolute Gasteiger partial charge is 0.336 e. The number of nitrogens with one attached hydrogen (secondary N) is 2. The van der Waals surface area contributed by atoms with Gasteiger partial charge in [0.05, 0.1) is 11.6 Å². The first-order valence-corrected chi connectivity index (χ1v) is 10.4. The van der Waals surface area contributed by atoms with E-state index in [2.05, 4.69) is 20.7 Å². The molecule has 32 heavy (non-hydrogen) atoms. The molecule has 1 aromatic carbocycles. The number of hydrazine groups is 1. The third kappa shape index (κ3) is 5.01. The van der Waals surface area contributed by atoms with Gasteiger partial charge in [0.1, 0.15) is 12.1 Å². The van der Waals surface area contributed by atoms with Crippen LogP contribution in [0, 0.1) is 5.82 Å². The lowest BCUT2D eigenvalue weighted by Gasteiger charge is -2.27. The van der Waals surface area contributed by atoms with Crippen LogP contribution in [0.3, 0.4) is 0 Å². The number of aromatic nitrogens is 2. The first-order valence-electron chi connectivity index (χ1n) is 10.4. The Bertz CT molecular complexity index is 992. The molecule has 0 radical (unpaired) electrons. The third-order valence-electron chi connectivity index (χ3n) is 5.64. The highest BCUT2D eigenvalue weighted by molar-refractivity contribution is 5.95. The predicted molar refractivity (Wildman–Crippen MR) is 115 cm³/mol. The minimum Gasteiger partial charge on any atom is -0.333 e. The van der Waals surface area contributed by atoms with E-state index in [0.717, 1.165) is 17.9 Å². The first kappa shape index (κ1) is 23.1. The van der Waals surface area contributed by atoms with E-state index in [4.69, 9.17) is 0 Å². The van der Waals surface area contributed by atoms with E-state index in [1.807, 2.05) is 13.8 Å². The second kappa shape index (κ2) is 9.71. The van der Waals surface area contributed by atoms with Crippen molar-refractivity contribution < 1.29 is 18.8 Å². The van der Waals surface area contributed by atoms with Crippen molar-refractivity contribution >= 4 is 17.8 Å². The van der Waals surface area contributed by atoms with Gasteiger partial charge in [-0.1, -0.05) is 6.07 Å². The van der Waals surface area contributed by atoms with Gasteiger partial charge in [-0.3, -0.25) is 15.0 Å². The molecule has 3 rings (SSSR count). The fraction of sp³-hybridized carbons (Fsp3) is 0.409. The maximum Gasteiger partial charge on any atom is 0.336 e.